The zero-order chi connectivity index (χ0) is 20.4. The number of nitrogens with one attached hydrogen (secondary N) is 1. The van der Waals surface area contributed by atoms with Crippen LogP contribution in [0, 0.1) is 0 Å². The summed E-state index contributed by atoms with van der Waals surface area (Å²) in [5, 5.41) is 3.85. The number of nitrogens with two attached hydrogens (primary N) is 1. The van der Waals surface area contributed by atoms with Gasteiger partial charge in [-0.3, -0.25) is 4.98 Å². The van der Waals surface area contributed by atoms with Gasteiger partial charge in [-0.1, -0.05) is 23.5 Å². The SMILES string of the molecule is COc1cc(Nc2nc(N)c(-c3cnc4ccccc4n3)s2)cc(OC)c1OC. The van der Waals surface area contributed by atoms with E-state index in [0.717, 1.165) is 21.6 Å². The summed E-state index contributed by atoms with van der Waals surface area (Å²) in [5.41, 5.74) is 9.19. The molecule has 0 aliphatic carbocycles. The molecule has 0 spiro atoms. The van der Waals surface area contributed by atoms with Crippen LogP contribution in [-0.4, -0.2) is 36.3 Å². The van der Waals surface area contributed by atoms with Gasteiger partial charge in [0, 0.05) is 17.8 Å². The smallest absolute Gasteiger partial charge is 0.203 e. The predicted molar refractivity (Wildman–Crippen MR) is 114 cm³/mol. The fourth-order valence-electron chi connectivity index (χ4n) is 2.91. The van der Waals surface area contributed by atoms with Crippen LogP contribution in [0.5, 0.6) is 17.2 Å². The van der Waals surface area contributed by atoms with Crippen LogP contribution in [-0.2, 0) is 0 Å². The minimum atomic E-state index is 0.384. The molecule has 0 amide bonds. The highest BCUT2D eigenvalue weighted by atomic mass is 32.1. The molecule has 9 heteroatoms. The van der Waals surface area contributed by atoms with Gasteiger partial charge in [-0.25, -0.2) is 9.97 Å². The van der Waals surface area contributed by atoms with Crippen molar-refractivity contribution >= 4 is 39.0 Å². The first kappa shape index (κ1) is 18.8. The van der Waals surface area contributed by atoms with Gasteiger partial charge in [-0.05, 0) is 12.1 Å². The Hall–Kier alpha value is -3.59. The lowest BCUT2D eigenvalue weighted by molar-refractivity contribution is 0.324. The maximum absolute atomic E-state index is 6.15. The van der Waals surface area contributed by atoms with Crippen molar-refractivity contribution in [3.05, 3.63) is 42.6 Å². The molecule has 29 heavy (non-hydrogen) atoms. The lowest BCUT2D eigenvalue weighted by Gasteiger charge is -2.14. The molecule has 0 saturated carbocycles. The van der Waals surface area contributed by atoms with Crippen LogP contribution >= 0.6 is 11.3 Å². The van der Waals surface area contributed by atoms with E-state index in [1.807, 2.05) is 24.3 Å². The van der Waals surface area contributed by atoms with E-state index in [9.17, 15) is 0 Å². The molecule has 0 aliphatic heterocycles. The molecule has 3 N–H and O–H groups in total. The molecule has 0 saturated heterocycles. The second kappa shape index (κ2) is 7.80. The van der Waals surface area contributed by atoms with Crippen molar-refractivity contribution < 1.29 is 14.2 Å². The van der Waals surface area contributed by atoms with Gasteiger partial charge in [0.05, 0.1) is 38.6 Å². The van der Waals surface area contributed by atoms with Crippen molar-refractivity contribution in [3.63, 3.8) is 0 Å². The summed E-state index contributed by atoms with van der Waals surface area (Å²) < 4.78 is 16.1. The maximum Gasteiger partial charge on any atom is 0.203 e. The molecule has 0 aliphatic rings. The fraction of sp³-hybridized carbons (Fsp3) is 0.150. The van der Waals surface area contributed by atoms with Crippen LogP contribution in [0.15, 0.2) is 42.6 Å². The van der Waals surface area contributed by atoms with Gasteiger partial charge in [0.2, 0.25) is 5.75 Å². The molecule has 0 radical (unpaired) electrons. The largest absolute Gasteiger partial charge is 0.493 e. The van der Waals surface area contributed by atoms with Crippen molar-refractivity contribution in [3.8, 4) is 27.8 Å². The zero-order valence-electron chi connectivity index (χ0n) is 16.1. The molecule has 0 bridgehead atoms. The summed E-state index contributed by atoms with van der Waals surface area (Å²) in [6.45, 7) is 0. The van der Waals surface area contributed by atoms with E-state index < -0.39 is 0 Å². The number of ether oxygens (including phenoxy) is 3. The van der Waals surface area contributed by atoms with E-state index in [-0.39, 0.29) is 0 Å². The Morgan fingerprint density at radius 3 is 2.28 bits per heavy atom. The Kier molecular flexibility index (Phi) is 5.05. The molecule has 2 aromatic carbocycles. The standard InChI is InChI=1S/C20H19N5O3S/c1-26-15-8-11(9-16(27-2)17(15)28-3)23-20-25-19(21)18(29-20)14-10-22-12-6-4-5-7-13(12)24-14/h4-10H,21H2,1-3H3,(H,23,25). The number of thiazole rings is 1. The Morgan fingerprint density at radius 1 is 0.931 bits per heavy atom. The lowest BCUT2D eigenvalue weighted by Crippen LogP contribution is -1.98. The Balaban J connectivity index is 1.67. The average molecular weight is 409 g/mol. The summed E-state index contributed by atoms with van der Waals surface area (Å²) in [6.07, 6.45) is 1.70. The van der Waals surface area contributed by atoms with E-state index in [1.165, 1.54) is 11.3 Å². The monoisotopic (exact) mass is 409 g/mol. The second-order valence-electron chi connectivity index (χ2n) is 6.02. The number of rotatable bonds is 6. The highest BCUT2D eigenvalue weighted by molar-refractivity contribution is 7.19. The topological polar surface area (TPSA) is 104 Å². The quantitative estimate of drug-likeness (QED) is 0.490. The second-order valence-corrected chi connectivity index (χ2v) is 7.02. The number of fused-ring (bicyclic) bond motifs is 1. The number of benzene rings is 2. The van der Waals surface area contributed by atoms with Gasteiger partial charge < -0.3 is 25.3 Å². The molecule has 4 rings (SSSR count). The van der Waals surface area contributed by atoms with Crippen molar-refractivity contribution in [2.24, 2.45) is 0 Å². The van der Waals surface area contributed by atoms with E-state index in [1.54, 1.807) is 39.7 Å². The highest BCUT2D eigenvalue weighted by Gasteiger charge is 2.16. The van der Waals surface area contributed by atoms with E-state index in [2.05, 4.69) is 20.3 Å². The van der Waals surface area contributed by atoms with Crippen molar-refractivity contribution in [1.82, 2.24) is 15.0 Å². The van der Waals surface area contributed by atoms with Gasteiger partial charge in [0.25, 0.3) is 0 Å². The molecule has 4 aromatic rings. The van der Waals surface area contributed by atoms with Gasteiger partial charge in [-0.2, -0.15) is 0 Å². The molecule has 0 unspecified atom stereocenters. The molecule has 0 atom stereocenters. The van der Waals surface area contributed by atoms with Crippen LogP contribution in [0.25, 0.3) is 21.6 Å². The van der Waals surface area contributed by atoms with Gasteiger partial charge >= 0.3 is 0 Å². The summed E-state index contributed by atoms with van der Waals surface area (Å²) in [4.78, 5) is 14.3. The van der Waals surface area contributed by atoms with Gasteiger partial charge in [0.1, 0.15) is 16.4 Å². The molecular formula is C20H19N5O3S. The third kappa shape index (κ3) is 3.59. The number of aromatic nitrogens is 3. The van der Waals surface area contributed by atoms with E-state index in [4.69, 9.17) is 19.9 Å². The summed E-state index contributed by atoms with van der Waals surface area (Å²) in [5.74, 6) is 1.99. The number of hydrogen-bond donors (Lipinski definition) is 2. The first-order chi connectivity index (χ1) is 14.1. The first-order valence-corrected chi connectivity index (χ1v) is 9.50. The molecule has 148 valence electrons. The fourth-order valence-corrected chi connectivity index (χ4v) is 3.77. The normalized spacial score (nSPS) is 10.7. The number of anilines is 3. The predicted octanol–water partition coefficient (Wildman–Crippen LogP) is 4.10. The first-order valence-electron chi connectivity index (χ1n) is 8.68. The summed E-state index contributed by atoms with van der Waals surface area (Å²) in [7, 11) is 4.70. The molecule has 2 aromatic heterocycles. The third-order valence-electron chi connectivity index (χ3n) is 4.25. The van der Waals surface area contributed by atoms with Gasteiger partial charge in [-0.15, -0.1) is 0 Å². The molecule has 8 nitrogen and oxygen atoms in total. The average Bonchev–Trinajstić information content (AvgIpc) is 3.12. The van der Waals surface area contributed by atoms with Crippen LogP contribution in [0.2, 0.25) is 0 Å². The zero-order valence-corrected chi connectivity index (χ0v) is 16.9. The van der Waals surface area contributed by atoms with Crippen molar-refractivity contribution in [2.75, 3.05) is 32.4 Å². The van der Waals surface area contributed by atoms with Crippen molar-refractivity contribution in [1.29, 1.82) is 0 Å². The third-order valence-corrected chi connectivity index (χ3v) is 5.26. The number of nitrogen functional groups attached to an aromatic ring is 1. The summed E-state index contributed by atoms with van der Waals surface area (Å²) >= 11 is 1.39. The van der Waals surface area contributed by atoms with E-state index in [0.29, 0.717) is 33.9 Å². The van der Waals surface area contributed by atoms with Crippen LogP contribution in [0.1, 0.15) is 0 Å². The number of methoxy groups -OCH3 is 3. The van der Waals surface area contributed by atoms with Crippen LogP contribution < -0.4 is 25.3 Å². The number of para-hydroxylation sites is 2. The highest BCUT2D eigenvalue weighted by Crippen LogP contribution is 2.42. The molecule has 0 fully saturated rings. The minimum Gasteiger partial charge on any atom is -0.493 e. The Morgan fingerprint density at radius 2 is 1.62 bits per heavy atom. The number of hydrogen-bond acceptors (Lipinski definition) is 9. The Labute approximate surface area is 171 Å². The molecule has 2 heterocycles. The number of nitrogens with zero attached hydrogens (tertiary/aromatic N) is 3. The van der Waals surface area contributed by atoms with Crippen LogP contribution in [0.4, 0.5) is 16.6 Å². The van der Waals surface area contributed by atoms with Gasteiger partial charge in [0.15, 0.2) is 16.6 Å². The lowest BCUT2D eigenvalue weighted by atomic mass is 10.2. The van der Waals surface area contributed by atoms with Crippen molar-refractivity contribution in [2.45, 2.75) is 0 Å². The maximum atomic E-state index is 6.15. The van der Waals surface area contributed by atoms with Crippen LogP contribution in [0.3, 0.4) is 0 Å². The Bertz CT molecular complexity index is 1150. The summed E-state index contributed by atoms with van der Waals surface area (Å²) in [6, 6.07) is 11.3. The minimum absolute atomic E-state index is 0.384. The molecular weight excluding hydrogens is 390 g/mol. The van der Waals surface area contributed by atoms with E-state index >= 15 is 0 Å².